The molecule has 1 rings (SSSR count). The van der Waals surface area contributed by atoms with Gasteiger partial charge < -0.3 is 14.8 Å². The Bertz CT molecular complexity index is 380. The molecule has 19 heavy (non-hydrogen) atoms. The number of carbonyl (C=O) groups is 1. The average Bonchev–Trinajstić information content (AvgIpc) is 2.39. The first kappa shape index (κ1) is 16.3. The Balaban J connectivity index is 2.35. The Hall–Kier alpha value is -0.780. The fraction of sp³-hybridized carbons (Fsp3) is 0.462. The molecule has 0 saturated carbocycles. The van der Waals surface area contributed by atoms with E-state index >= 15 is 0 Å². The number of amides is 1. The largest absolute Gasteiger partial charge is 0.484 e. The summed E-state index contributed by atoms with van der Waals surface area (Å²) >= 11 is 9.10. The van der Waals surface area contributed by atoms with Gasteiger partial charge in [-0.25, -0.2) is 0 Å². The lowest BCUT2D eigenvalue weighted by atomic mass is 10.2. The Kier molecular flexibility index (Phi) is 7.86. The number of benzene rings is 1. The van der Waals surface area contributed by atoms with Gasteiger partial charge >= 0.3 is 0 Å². The summed E-state index contributed by atoms with van der Waals surface area (Å²) in [5.41, 5.74) is 0. The lowest BCUT2D eigenvalue weighted by Crippen LogP contribution is -2.40. The van der Waals surface area contributed by atoms with Crippen LogP contribution in [0.3, 0.4) is 0 Å². The minimum absolute atomic E-state index is 0.00862. The summed E-state index contributed by atoms with van der Waals surface area (Å²) in [7, 11) is 1.61. The van der Waals surface area contributed by atoms with E-state index in [9.17, 15) is 4.79 Å². The predicted octanol–water partition coefficient (Wildman–Crippen LogP) is 2.64. The Labute approximate surface area is 126 Å². The average molecular weight is 351 g/mol. The second-order valence-corrected chi connectivity index (χ2v) is 5.17. The minimum Gasteiger partial charge on any atom is -0.484 e. The van der Waals surface area contributed by atoms with Crippen molar-refractivity contribution in [2.75, 3.05) is 25.7 Å². The van der Waals surface area contributed by atoms with Crippen molar-refractivity contribution in [3.05, 3.63) is 29.3 Å². The maximum absolute atomic E-state index is 11.7. The van der Waals surface area contributed by atoms with Gasteiger partial charge in [0.1, 0.15) is 5.75 Å². The zero-order chi connectivity index (χ0) is 14.1. The van der Waals surface area contributed by atoms with Crippen molar-refractivity contribution in [3.8, 4) is 5.75 Å². The first-order valence-corrected chi connectivity index (χ1v) is 7.38. The third-order valence-corrected chi connectivity index (χ3v) is 3.08. The summed E-state index contributed by atoms with van der Waals surface area (Å²) in [5, 5.41) is 4.29. The molecule has 0 aromatic heterocycles. The molecule has 0 spiro atoms. The summed E-state index contributed by atoms with van der Waals surface area (Å²) in [6.45, 7) is 0.461. The fourth-order valence-electron chi connectivity index (χ4n) is 1.48. The zero-order valence-corrected chi connectivity index (χ0v) is 13.0. The van der Waals surface area contributed by atoms with Crippen molar-refractivity contribution in [1.82, 2.24) is 5.32 Å². The maximum Gasteiger partial charge on any atom is 0.258 e. The smallest absolute Gasteiger partial charge is 0.258 e. The van der Waals surface area contributed by atoms with Gasteiger partial charge in [0.15, 0.2) is 6.61 Å². The molecule has 6 heteroatoms. The molecule has 1 aromatic carbocycles. The fourth-order valence-corrected chi connectivity index (χ4v) is 2.16. The van der Waals surface area contributed by atoms with Crippen molar-refractivity contribution >= 4 is 33.4 Å². The lowest BCUT2D eigenvalue weighted by Gasteiger charge is -2.17. The number of nitrogens with one attached hydrogen (secondary N) is 1. The molecule has 1 aromatic rings. The lowest BCUT2D eigenvalue weighted by molar-refractivity contribution is -0.124. The minimum atomic E-state index is -0.169. The molecule has 0 bridgehead atoms. The third kappa shape index (κ3) is 6.80. The van der Waals surface area contributed by atoms with Crippen LogP contribution in [0.2, 0.25) is 5.02 Å². The second kappa shape index (κ2) is 9.18. The number of hydrogen-bond acceptors (Lipinski definition) is 3. The monoisotopic (exact) mass is 349 g/mol. The molecule has 1 N–H and O–H groups in total. The highest BCUT2D eigenvalue weighted by molar-refractivity contribution is 9.09. The SMILES string of the molecule is COCC(CCBr)NC(=O)COc1ccc(Cl)cc1. The first-order valence-electron chi connectivity index (χ1n) is 5.88. The van der Waals surface area contributed by atoms with Crippen LogP contribution in [-0.4, -0.2) is 37.6 Å². The van der Waals surface area contributed by atoms with E-state index in [-0.39, 0.29) is 18.6 Å². The van der Waals surface area contributed by atoms with Gasteiger partial charge in [0.05, 0.1) is 12.6 Å². The number of carbonyl (C=O) groups excluding carboxylic acids is 1. The molecule has 0 saturated heterocycles. The van der Waals surface area contributed by atoms with Crippen LogP contribution in [0.25, 0.3) is 0 Å². The molecule has 0 radical (unpaired) electrons. The Morgan fingerprint density at radius 3 is 2.68 bits per heavy atom. The number of methoxy groups -OCH3 is 1. The zero-order valence-electron chi connectivity index (χ0n) is 10.7. The van der Waals surface area contributed by atoms with E-state index in [1.807, 2.05) is 0 Å². The van der Waals surface area contributed by atoms with E-state index in [0.29, 0.717) is 17.4 Å². The molecule has 1 unspecified atom stereocenters. The topological polar surface area (TPSA) is 47.6 Å². The van der Waals surface area contributed by atoms with E-state index in [0.717, 1.165) is 11.8 Å². The van der Waals surface area contributed by atoms with Crippen LogP contribution in [-0.2, 0) is 9.53 Å². The molecular weight excluding hydrogens is 334 g/mol. The van der Waals surface area contributed by atoms with Crippen LogP contribution in [0.4, 0.5) is 0 Å². The summed E-state index contributed by atoms with van der Waals surface area (Å²) in [6.07, 6.45) is 0.806. The highest BCUT2D eigenvalue weighted by atomic mass is 79.9. The molecule has 0 aliphatic heterocycles. The molecule has 0 fully saturated rings. The van der Waals surface area contributed by atoms with E-state index in [4.69, 9.17) is 21.1 Å². The molecule has 4 nitrogen and oxygen atoms in total. The van der Waals surface area contributed by atoms with E-state index < -0.39 is 0 Å². The number of halogens is 2. The molecule has 106 valence electrons. The van der Waals surface area contributed by atoms with E-state index in [2.05, 4.69) is 21.2 Å². The van der Waals surface area contributed by atoms with Crippen molar-refractivity contribution in [3.63, 3.8) is 0 Å². The summed E-state index contributed by atoms with van der Waals surface area (Å²) < 4.78 is 10.4. The van der Waals surface area contributed by atoms with Crippen molar-refractivity contribution in [1.29, 1.82) is 0 Å². The highest BCUT2D eigenvalue weighted by Crippen LogP contribution is 2.15. The number of hydrogen-bond donors (Lipinski definition) is 1. The standard InChI is InChI=1S/C13H17BrClNO3/c1-18-8-11(6-7-14)16-13(17)9-19-12-4-2-10(15)3-5-12/h2-5,11H,6-9H2,1H3,(H,16,17). The first-order chi connectivity index (χ1) is 9.15. The van der Waals surface area contributed by atoms with Gasteiger partial charge in [0.2, 0.25) is 0 Å². The Morgan fingerprint density at radius 2 is 2.11 bits per heavy atom. The van der Waals surface area contributed by atoms with Crippen molar-refractivity contribution in [2.24, 2.45) is 0 Å². The van der Waals surface area contributed by atoms with Crippen molar-refractivity contribution in [2.45, 2.75) is 12.5 Å². The quantitative estimate of drug-likeness (QED) is 0.733. The van der Waals surface area contributed by atoms with Crippen LogP contribution in [0.1, 0.15) is 6.42 Å². The van der Waals surface area contributed by atoms with Crippen molar-refractivity contribution < 1.29 is 14.3 Å². The molecule has 1 atom stereocenters. The van der Waals surface area contributed by atoms with Gasteiger partial charge in [-0.05, 0) is 30.7 Å². The van der Waals surface area contributed by atoms with Crippen LogP contribution < -0.4 is 10.1 Å². The van der Waals surface area contributed by atoms with E-state index in [1.165, 1.54) is 0 Å². The highest BCUT2D eigenvalue weighted by Gasteiger charge is 2.11. The number of alkyl halides is 1. The molecular formula is C13H17BrClNO3. The van der Waals surface area contributed by atoms with Gasteiger partial charge in [0.25, 0.3) is 5.91 Å². The second-order valence-electron chi connectivity index (χ2n) is 3.94. The third-order valence-electron chi connectivity index (χ3n) is 2.37. The summed E-state index contributed by atoms with van der Waals surface area (Å²) in [6, 6.07) is 6.87. The summed E-state index contributed by atoms with van der Waals surface area (Å²) in [5.74, 6) is 0.446. The number of ether oxygens (including phenoxy) is 2. The number of rotatable bonds is 8. The van der Waals surface area contributed by atoms with E-state index in [1.54, 1.807) is 31.4 Å². The van der Waals surface area contributed by atoms with Gasteiger partial charge in [-0.1, -0.05) is 27.5 Å². The normalized spacial score (nSPS) is 11.9. The molecule has 0 aliphatic carbocycles. The van der Waals surface area contributed by atoms with Crippen LogP contribution in [0, 0.1) is 0 Å². The summed E-state index contributed by atoms with van der Waals surface area (Å²) in [4.78, 5) is 11.7. The van der Waals surface area contributed by atoms with Gasteiger partial charge in [-0.15, -0.1) is 0 Å². The van der Waals surface area contributed by atoms with Crippen LogP contribution >= 0.6 is 27.5 Å². The van der Waals surface area contributed by atoms with Gasteiger partial charge in [0, 0.05) is 17.5 Å². The van der Waals surface area contributed by atoms with Crippen LogP contribution in [0.5, 0.6) is 5.75 Å². The van der Waals surface area contributed by atoms with Gasteiger partial charge in [-0.3, -0.25) is 4.79 Å². The molecule has 0 aliphatic rings. The van der Waals surface area contributed by atoms with Crippen LogP contribution in [0.15, 0.2) is 24.3 Å². The Morgan fingerprint density at radius 1 is 1.42 bits per heavy atom. The molecule has 0 heterocycles. The maximum atomic E-state index is 11.7. The predicted molar refractivity (Wildman–Crippen MR) is 79.2 cm³/mol. The molecule has 1 amide bonds. The van der Waals surface area contributed by atoms with Gasteiger partial charge in [-0.2, -0.15) is 0 Å².